The summed E-state index contributed by atoms with van der Waals surface area (Å²) in [5.74, 6) is -2.67. The van der Waals surface area contributed by atoms with Crippen molar-refractivity contribution in [1.82, 2.24) is 20.4 Å². The highest BCUT2D eigenvalue weighted by atomic mass is 16.4. The number of likely N-dealkylation sites (N-methyl/N-ethyl adjacent to an activating group) is 1. The third kappa shape index (κ3) is 12.5. The zero-order valence-corrected chi connectivity index (χ0v) is 14.1. The summed E-state index contributed by atoms with van der Waals surface area (Å²) in [5.41, 5.74) is 0. The highest BCUT2D eigenvalue weighted by Gasteiger charge is 2.17. The SMILES string of the molecule is CNCCNC(=O)CN(CCN(CC(C)=O)CC(=O)O)CC(=O)O. The number of nitrogens with one attached hydrogen (secondary N) is 2. The topological polar surface area (TPSA) is 139 Å². The molecule has 0 atom stereocenters. The molecule has 0 aliphatic rings. The van der Waals surface area contributed by atoms with E-state index in [0.717, 1.165) is 0 Å². The molecule has 0 aromatic rings. The molecule has 24 heavy (non-hydrogen) atoms. The number of carboxylic acid groups (broad SMARTS) is 2. The van der Waals surface area contributed by atoms with Crippen LogP contribution < -0.4 is 10.6 Å². The summed E-state index contributed by atoms with van der Waals surface area (Å²) in [4.78, 5) is 47.5. The number of nitrogens with zero attached hydrogens (tertiary/aromatic N) is 2. The number of hydrogen-bond donors (Lipinski definition) is 4. The zero-order valence-electron chi connectivity index (χ0n) is 14.1. The van der Waals surface area contributed by atoms with Crippen LogP contribution >= 0.6 is 0 Å². The summed E-state index contributed by atoms with van der Waals surface area (Å²) in [5, 5.41) is 23.3. The first-order chi connectivity index (χ1) is 11.2. The van der Waals surface area contributed by atoms with E-state index in [2.05, 4.69) is 10.6 Å². The Balaban J connectivity index is 4.56. The Morgan fingerprint density at radius 2 is 1.33 bits per heavy atom. The zero-order chi connectivity index (χ0) is 18.5. The molecule has 138 valence electrons. The van der Waals surface area contributed by atoms with Gasteiger partial charge in [-0.15, -0.1) is 0 Å². The molecular weight excluding hydrogens is 320 g/mol. The third-order valence-electron chi connectivity index (χ3n) is 2.96. The predicted molar refractivity (Wildman–Crippen MR) is 85.8 cm³/mol. The van der Waals surface area contributed by atoms with Crippen LogP contribution in [0.3, 0.4) is 0 Å². The van der Waals surface area contributed by atoms with Gasteiger partial charge in [-0.1, -0.05) is 0 Å². The van der Waals surface area contributed by atoms with Crippen molar-refractivity contribution in [2.24, 2.45) is 0 Å². The molecule has 0 aliphatic heterocycles. The fraction of sp³-hybridized carbons (Fsp3) is 0.714. The van der Waals surface area contributed by atoms with Crippen LogP contribution in [0.2, 0.25) is 0 Å². The van der Waals surface area contributed by atoms with E-state index < -0.39 is 11.9 Å². The summed E-state index contributed by atoms with van der Waals surface area (Å²) >= 11 is 0. The minimum Gasteiger partial charge on any atom is -0.480 e. The number of hydrogen-bond acceptors (Lipinski definition) is 7. The van der Waals surface area contributed by atoms with Crippen molar-refractivity contribution >= 4 is 23.6 Å². The summed E-state index contributed by atoms with van der Waals surface area (Å²) in [6, 6.07) is 0. The number of carbonyl (C=O) groups is 4. The summed E-state index contributed by atoms with van der Waals surface area (Å²) in [7, 11) is 1.74. The lowest BCUT2D eigenvalue weighted by atomic mass is 10.3. The lowest BCUT2D eigenvalue weighted by Crippen LogP contribution is -2.45. The van der Waals surface area contributed by atoms with Crippen molar-refractivity contribution in [3.8, 4) is 0 Å². The van der Waals surface area contributed by atoms with Gasteiger partial charge in [-0.2, -0.15) is 0 Å². The Morgan fingerprint density at radius 1 is 0.833 bits per heavy atom. The van der Waals surface area contributed by atoms with E-state index in [1.807, 2.05) is 0 Å². The molecule has 0 saturated carbocycles. The molecule has 10 nitrogen and oxygen atoms in total. The Morgan fingerprint density at radius 3 is 1.75 bits per heavy atom. The van der Waals surface area contributed by atoms with Crippen LogP contribution in [0.1, 0.15) is 6.92 Å². The number of aliphatic carboxylic acids is 2. The first-order valence-corrected chi connectivity index (χ1v) is 7.53. The fourth-order valence-corrected chi connectivity index (χ4v) is 1.99. The highest BCUT2D eigenvalue weighted by molar-refractivity contribution is 5.79. The summed E-state index contributed by atoms with van der Waals surface area (Å²) in [6.07, 6.45) is 0. The van der Waals surface area contributed by atoms with E-state index in [9.17, 15) is 19.2 Å². The smallest absolute Gasteiger partial charge is 0.317 e. The number of ketones is 1. The Labute approximate surface area is 140 Å². The molecule has 0 unspecified atom stereocenters. The van der Waals surface area contributed by atoms with Gasteiger partial charge in [0.2, 0.25) is 5.91 Å². The lowest BCUT2D eigenvalue weighted by Gasteiger charge is -2.24. The van der Waals surface area contributed by atoms with Gasteiger partial charge in [0.15, 0.2) is 0 Å². The molecule has 0 rings (SSSR count). The van der Waals surface area contributed by atoms with E-state index >= 15 is 0 Å². The summed E-state index contributed by atoms with van der Waals surface area (Å²) in [6.45, 7) is 1.86. The van der Waals surface area contributed by atoms with Crippen LogP contribution in [-0.4, -0.2) is 103 Å². The monoisotopic (exact) mass is 346 g/mol. The van der Waals surface area contributed by atoms with Gasteiger partial charge in [-0.3, -0.25) is 29.0 Å². The van der Waals surface area contributed by atoms with Gasteiger partial charge in [0.25, 0.3) is 0 Å². The van der Waals surface area contributed by atoms with Crippen LogP contribution in [0.4, 0.5) is 0 Å². The van der Waals surface area contributed by atoms with Crippen LogP contribution in [-0.2, 0) is 19.2 Å². The van der Waals surface area contributed by atoms with Crippen LogP contribution in [0, 0.1) is 0 Å². The average molecular weight is 346 g/mol. The first-order valence-electron chi connectivity index (χ1n) is 7.53. The van der Waals surface area contributed by atoms with Crippen molar-refractivity contribution in [3.63, 3.8) is 0 Å². The summed E-state index contributed by atoms with van der Waals surface area (Å²) < 4.78 is 0. The Bertz CT molecular complexity index is 427. The van der Waals surface area contributed by atoms with Gasteiger partial charge in [0.05, 0.1) is 26.2 Å². The first kappa shape index (κ1) is 22.0. The second-order valence-corrected chi connectivity index (χ2v) is 5.36. The van der Waals surface area contributed by atoms with Gasteiger partial charge in [-0.05, 0) is 14.0 Å². The maximum Gasteiger partial charge on any atom is 0.317 e. The quantitative estimate of drug-likeness (QED) is 0.255. The second kappa shape index (κ2) is 12.4. The van der Waals surface area contributed by atoms with E-state index in [1.165, 1.54) is 16.7 Å². The van der Waals surface area contributed by atoms with Gasteiger partial charge in [0, 0.05) is 26.2 Å². The minimum absolute atomic E-state index is 0.0401. The van der Waals surface area contributed by atoms with E-state index in [1.54, 1.807) is 7.05 Å². The van der Waals surface area contributed by atoms with Crippen molar-refractivity contribution in [1.29, 1.82) is 0 Å². The fourth-order valence-electron chi connectivity index (χ4n) is 1.99. The minimum atomic E-state index is -1.09. The Hall–Kier alpha value is -2.04. The molecule has 0 radical (unpaired) electrons. The average Bonchev–Trinajstić information content (AvgIpc) is 2.43. The third-order valence-corrected chi connectivity index (χ3v) is 2.96. The highest BCUT2D eigenvalue weighted by Crippen LogP contribution is 1.94. The molecular formula is C14H26N4O6. The van der Waals surface area contributed by atoms with E-state index in [-0.39, 0.29) is 51.0 Å². The number of Topliss-reactive ketones (excluding diaryl/α,β-unsaturated/α-hetero) is 1. The molecule has 0 aliphatic carbocycles. The van der Waals surface area contributed by atoms with Gasteiger partial charge >= 0.3 is 11.9 Å². The maximum absolute atomic E-state index is 11.8. The molecule has 0 bridgehead atoms. The van der Waals surface area contributed by atoms with E-state index in [4.69, 9.17) is 10.2 Å². The Kier molecular flexibility index (Phi) is 11.3. The molecule has 0 saturated heterocycles. The number of amides is 1. The molecule has 0 aromatic carbocycles. The molecule has 0 aromatic heterocycles. The largest absolute Gasteiger partial charge is 0.480 e. The van der Waals surface area contributed by atoms with Crippen molar-refractivity contribution in [2.45, 2.75) is 6.92 Å². The number of rotatable bonds is 14. The normalized spacial score (nSPS) is 10.8. The van der Waals surface area contributed by atoms with E-state index in [0.29, 0.717) is 13.1 Å². The van der Waals surface area contributed by atoms with Crippen LogP contribution in [0.15, 0.2) is 0 Å². The van der Waals surface area contributed by atoms with Crippen molar-refractivity contribution in [2.75, 3.05) is 59.4 Å². The lowest BCUT2D eigenvalue weighted by molar-refractivity contribution is -0.141. The number of carbonyl (C=O) groups excluding carboxylic acids is 2. The molecule has 4 N–H and O–H groups in total. The van der Waals surface area contributed by atoms with Gasteiger partial charge in [0.1, 0.15) is 5.78 Å². The van der Waals surface area contributed by atoms with Crippen LogP contribution in [0.5, 0.6) is 0 Å². The number of carboxylic acids is 2. The maximum atomic E-state index is 11.8. The molecule has 10 heteroatoms. The van der Waals surface area contributed by atoms with Gasteiger partial charge < -0.3 is 20.8 Å². The second-order valence-electron chi connectivity index (χ2n) is 5.36. The van der Waals surface area contributed by atoms with Crippen LogP contribution in [0.25, 0.3) is 0 Å². The predicted octanol–water partition coefficient (Wildman–Crippen LogP) is -2.32. The standard InChI is InChI=1S/C14H26N4O6/c1-11(19)7-17(9-13(21)22)5-6-18(10-14(23)24)8-12(20)16-4-3-15-2/h15H,3-10H2,1-2H3,(H,16,20)(H,21,22)(H,23,24). The van der Waals surface area contributed by atoms with Gasteiger partial charge in [-0.25, -0.2) is 0 Å². The van der Waals surface area contributed by atoms with Crippen molar-refractivity contribution < 1.29 is 29.4 Å². The molecule has 0 heterocycles. The van der Waals surface area contributed by atoms with Crippen molar-refractivity contribution in [3.05, 3.63) is 0 Å². The molecule has 0 spiro atoms. The molecule has 0 fully saturated rings. The molecule has 1 amide bonds.